The van der Waals surface area contributed by atoms with Crippen LogP contribution in [0.1, 0.15) is 36.6 Å². The predicted molar refractivity (Wildman–Crippen MR) is 112 cm³/mol. The molecule has 0 saturated heterocycles. The van der Waals surface area contributed by atoms with E-state index in [1.165, 1.54) is 6.20 Å². The number of nitrogens with one attached hydrogen (secondary N) is 2. The van der Waals surface area contributed by atoms with E-state index in [0.29, 0.717) is 11.6 Å². The Labute approximate surface area is 171 Å². The van der Waals surface area contributed by atoms with Crippen LogP contribution < -0.4 is 15.4 Å². The summed E-state index contributed by atoms with van der Waals surface area (Å²) in [6.07, 6.45) is 1.39. The van der Waals surface area contributed by atoms with Crippen LogP contribution in [-0.2, 0) is 4.79 Å². The number of rotatable bonds is 7. The number of carbonyl (C=O) groups is 1. The number of nitrogens with zero attached hydrogens (tertiary/aromatic N) is 1. The first-order chi connectivity index (χ1) is 13.4. The Morgan fingerprint density at radius 3 is 2.75 bits per heavy atom. The van der Waals surface area contributed by atoms with Gasteiger partial charge < -0.3 is 15.4 Å². The van der Waals surface area contributed by atoms with Crippen molar-refractivity contribution in [3.63, 3.8) is 0 Å². The minimum Gasteiger partial charge on any atom is -0.494 e. The van der Waals surface area contributed by atoms with Crippen molar-refractivity contribution in [2.45, 2.75) is 33.7 Å². The van der Waals surface area contributed by atoms with E-state index in [9.17, 15) is 10.1 Å². The lowest BCUT2D eigenvalue weighted by molar-refractivity contribution is -0.117. The molecular formula is C22H24ClN3O2. The predicted octanol–water partition coefficient (Wildman–Crippen LogP) is 5.05. The van der Waals surface area contributed by atoms with Gasteiger partial charge in [-0.05, 0) is 51.5 Å². The summed E-state index contributed by atoms with van der Waals surface area (Å²) in [5, 5.41) is 15.8. The van der Waals surface area contributed by atoms with Crippen molar-refractivity contribution >= 4 is 23.2 Å². The van der Waals surface area contributed by atoms with Crippen molar-refractivity contribution in [1.82, 2.24) is 5.32 Å². The Morgan fingerprint density at radius 1 is 1.32 bits per heavy atom. The quantitative estimate of drug-likeness (QED) is 0.506. The summed E-state index contributed by atoms with van der Waals surface area (Å²) in [7, 11) is 0. The zero-order valence-corrected chi connectivity index (χ0v) is 17.2. The molecule has 0 aliphatic heterocycles. The van der Waals surface area contributed by atoms with Crippen molar-refractivity contribution in [2.75, 3.05) is 11.9 Å². The molecule has 0 aromatic heterocycles. The van der Waals surface area contributed by atoms with E-state index in [2.05, 4.69) is 10.6 Å². The lowest BCUT2D eigenvalue weighted by atomic mass is 10.0. The van der Waals surface area contributed by atoms with E-state index >= 15 is 0 Å². The Hall–Kier alpha value is -2.97. The maximum absolute atomic E-state index is 12.6. The fourth-order valence-corrected chi connectivity index (χ4v) is 2.88. The molecule has 1 unspecified atom stereocenters. The highest BCUT2D eigenvalue weighted by Crippen LogP contribution is 2.27. The van der Waals surface area contributed by atoms with Crippen LogP contribution in [0.15, 0.2) is 48.2 Å². The molecule has 146 valence electrons. The van der Waals surface area contributed by atoms with Gasteiger partial charge in [0.05, 0.1) is 12.6 Å². The van der Waals surface area contributed by atoms with E-state index in [-0.39, 0.29) is 11.6 Å². The smallest absolute Gasteiger partial charge is 0.263 e. The Balaban J connectivity index is 2.17. The van der Waals surface area contributed by atoms with Gasteiger partial charge in [0.2, 0.25) is 0 Å². The number of hydrogen-bond donors (Lipinski definition) is 2. The molecule has 5 nitrogen and oxygen atoms in total. The minimum absolute atomic E-state index is 0.0307. The van der Waals surface area contributed by atoms with Gasteiger partial charge in [-0.25, -0.2) is 0 Å². The monoisotopic (exact) mass is 397 g/mol. The summed E-state index contributed by atoms with van der Waals surface area (Å²) >= 11 is 6.10. The third-order valence-electron chi connectivity index (χ3n) is 4.28. The molecular weight excluding hydrogens is 374 g/mol. The number of ether oxygens (including phenoxy) is 1. The minimum atomic E-state index is -0.467. The molecule has 0 spiro atoms. The first-order valence-corrected chi connectivity index (χ1v) is 9.41. The number of hydrogen-bond acceptors (Lipinski definition) is 4. The highest BCUT2D eigenvalue weighted by atomic mass is 35.5. The zero-order chi connectivity index (χ0) is 20.7. The molecule has 0 saturated carbocycles. The van der Waals surface area contributed by atoms with Crippen molar-refractivity contribution in [3.05, 3.63) is 69.9 Å². The normalized spacial score (nSPS) is 12.1. The third-order valence-corrected chi connectivity index (χ3v) is 4.69. The highest BCUT2D eigenvalue weighted by Gasteiger charge is 2.17. The molecule has 0 aliphatic carbocycles. The molecule has 6 heteroatoms. The third kappa shape index (κ3) is 5.28. The van der Waals surface area contributed by atoms with E-state index in [1.807, 2.05) is 58.0 Å². The van der Waals surface area contributed by atoms with Gasteiger partial charge in [-0.1, -0.05) is 35.4 Å². The molecule has 0 radical (unpaired) electrons. The summed E-state index contributed by atoms with van der Waals surface area (Å²) in [6, 6.07) is 12.8. The maximum Gasteiger partial charge on any atom is 0.263 e. The summed E-state index contributed by atoms with van der Waals surface area (Å²) in [6.45, 7) is 8.14. The SMILES string of the molecule is CCOc1ccc(C)cc1C(C)NC(=O)/C(C#N)=C\Nc1cccc(Cl)c1C. The molecule has 2 aromatic carbocycles. The largest absolute Gasteiger partial charge is 0.494 e. The van der Waals surface area contributed by atoms with Gasteiger partial charge in [0, 0.05) is 22.5 Å². The Morgan fingerprint density at radius 2 is 2.07 bits per heavy atom. The molecule has 2 N–H and O–H groups in total. The van der Waals surface area contributed by atoms with E-state index < -0.39 is 5.91 Å². The first kappa shape index (κ1) is 21.3. The van der Waals surface area contributed by atoms with Gasteiger partial charge in [-0.3, -0.25) is 4.79 Å². The van der Waals surface area contributed by atoms with Crippen molar-refractivity contribution in [2.24, 2.45) is 0 Å². The first-order valence-electron chi connectivity index (χ1n) is 9.03. The zero-order valence-electron chi connectivity index (χ0n) is 16.5. The van der Waals surface area contributed by atoms with Gasteiger partial charge in [0.15, 0.2) is 0 Å². The molecule has 0 heterocycles. The summed E-state index contributed by atoms with van der Waals surface area (Å²) in [5.74, 6) is 0.252. The van der Waals surface area contributed by atoms with Crippen molar-refractivity contribution < 1.29 is 9.53 Å². The standard InChI is InChI=1S/C22H24ClN3O2/c1-5-28-21-10-9-14(2)11-18(21)16(4)26-22(27)17(12-24)13-25-20-8-6-7-19(23)15(20)3/h6-11,13,16,25H,5H2,1-4H3,(H,26,27)/b17-13-. The van der Waals surface area contributed by atoms with Gasteiger partial charge in [0.25, 0.3) is 5.91 Å². The second-order valence-electron chi connectivity index (χ2n) is 6.40. The highest BCUT2D eigenvalue weighted by molar-refractivity contribution is 6.31. The maximum atomic E-state index is 12.6. The van der Waals surface area contributed by atoms with Gasteiger partial charge in [0.1, 0.15) is 17.4 Å². The topological polar surface area (TPSA) is 74.1 Å². The summed E-state index contributed by atoms with van der Waals surface area (Å²) < 4.78 is 5.66. The number of aryl methyl sites for hydroxylation is 1. The van der Waals surface area contributed by atoms with Gasteiger partial charge in [-0.15, -0.1) is 0 Å². The Kier molecular flexibility index (Phi) is 7.48. The van der Waals surface area contributed by atoms with Crippen LogP contribution in [0.2, 0.25) is 5.02 Å². The van der Waals surface area contributed by atoms with Crippen LogP contribution in [0.5, 0.6) is 5.75 Å². The summed E-state index contributed by atoms with van der Waals surface area (Å²) in [5.41, 5.74) is 3.47. The molecule has 1 amide bonds. The molecule has 28 heavy (non-hydrogen) atoms. The van der Waals surface area contributed by atoms with Crippen LogP contribution in [0.3, 0.4) is 0 Å². The number of halogens is 1. The number of nitriles is 1. The van der Waals surface area contributed by atoms with E-state index in [4.69, 9.17) is 16.3 Å². The molecule has 2 aromatic rings. The molecule has 1 atom stereocenters. The van der Waals surface area contributed by atoms with E-state index in [0.717, 1.165) is 28.1 Å². The van der Waals surface area contributed by atoms with Crippen LogP contribution in [-0.4, -0.2) is 12.5 Å². The number of carbonyl (C=O) groups excluding carboxylic acids is 1. The number of anilines is 1. The average Bonchev–Trinajstić information content (AvgIpc) is 2.67. The summed E-state index contributed by atoms with van der Waals surface area (Å²) in [4.78, 5) is 12.6. The molecule has 0 aliphatic rings. The molecule has 2 rings (SSSR count). The number of amides is 1. The second kappa shape index (κ2) is 9.82. The fraction of sp³-hybridized carbons (Fsp3) is 0.273. The van der Waals surface area contributed by atoms with Crippen LogP contribution in [0, 0.1) is 25.2 Å². The Bertz CT molecular complexity index is 932. The average molecular weight is 398 g/mol. The lowest BCUT2D eigenvalue weighted by Crippen LogP contribution is -2.28. The fourth-order valence-electron chi connectivity index (χ4n) is 2.71. The van der Waals surface area contributed by atoms with Crippen molar-refractivity contribution in [3.8, 4) is 11.8 Å². The number of benzene rings is 2. The van der Waals surface area contributed by atoms with Crippen LogP contribution in [0.4, 0.5) is 5.69 Å². The van der Waals surface area contributed by atoms with Crippen LogP contribution >= 0.6 is 11.6 Å². The molecule has 0 bridgehead atoms. The molecule has 0 fully saturated rings. The van der Waals surface area contributed by atoms with Gasteiger partial charge >= 0.3 is 0 Å². The van der Waals surface area contributed by atoms with Crippen molar-refractivity contribution in [1.29, 1.82) is 5.26 Å². The lowest BCUT2D eigenvalue weighted by Gasteiger charge is -2.18. The van der Waals surface area contributed by atoms with E-state index in [1.54, 1.807) is 12.1 Å². The van der Waals surface area contributed by atoms with Crippen LogP contribution in [0.25, 0.3) is 0 Å². The second-order valence-corrected chi connectivity index (χ2v) is 6.80. The van der Waals surface area contributed by atoms with Gasteiger partial charge in [-0.2, -0.15) is 5.26 Å².